The summed E-state index contributed by atoms with van der Waals surface area (Å²) in [5.41, 5.74) is 0.520. The van der Waals surface area contributed by atoms with Crippen LogP contribution in [0.1, 0.15) is 39.0 Å². The number of aliphatic hydroxyl groups excluding tert-OH is 1. The van der Waals surface area contributed by atoms with Crippen LogP contribution in [0.25, 0.3) is 0 Å². The first-order valence-corrected chi connectivity index (χ1v) is 11.1. The molecule has 3 atom stereocenters. The van der Waals surface area contributed by atoms with Crippen LogP contribution in [0, 0.1) is 0 Å². The van der Waals surface area contributed by atoms with Gasteiger partial charge in [-0.05, 0) is 43.5 Å². The van der Waals surface area contributed by atoms with Gasteiger partial charge in [0.2, 0.25) is 10.0 Å². The van der Waals surface area contributed by atoms with Gasteiger partial charge in [-0.3, -0.25) is 9.10 Å². The third-order valence-electron chi connectivity index (χ3n) is 5.16. The number of sulfonamides is 1. The van der Waals surface area contributed by atoms with Gasteiger partial charge in [-0.1, -0.05) is 19.8 Å². The van der Waals surface area contributed by atoms with E-state index in [1.165, 1.54) is 11.4 Å². The van der Waals surface area contributed by atoms with Crippen molar-refractivity contribution in [3.05, 3.63) is 24.3 Å². The molecule has 7 nitrogen and oxygen atoms in total. The van der Waals surface area contributed by atoms with Crippen LogP contribution in [-0.2, 0) is 14.8 Å². The maximum absolute atomic E-state index is 12.8. The molecule has 1 aromatic carbocycles. The highest BCUT2D eigenvalue weighted by Crippen LogP contribution is 2.25. The van der Waals surface area contributed by atoms with E-state index in [2.05, 4.69) is 0 Å². The zero-order valence-corrected chi connectivity index (χ0v) is 17.3. The standard InChI is InChI=1S/C19H30N2O5S/c1-5-18(19(23)20(2)16-8-6-7-9-17(16)22)26-15-12-10-14(11-13-15)21(3)27(4,24)25/h10-13,16-18,22H,5-9H2,1-4H3/t16-,17-,18?/m1/s1. The first kappa shape index (κ1) is 21.5. The summed E-state index contributed by atoms with van der Waals surface area (Å²) in [5.74, 6) is 0.347. The van der Waals surface area contributed by atoms with Crippen molar-refractivity contribution in [3.8, 4) is 5.75 Å². The van der Waals surface area contributed by atoms with E-state index in [0.29, 0.717) is 17.9 Å². The lowest BCUT2D eigenvalue weighted by molar-refractivity contribution is -0.143. The predicted octanol–water partition coefficient (Wildman–Crippen LogP) is 2.00. The molecular formula is C19H30N2O5S. The Morgan fingerprint density at radius 1 is 1.22 bits per heavy atom. The molecule has 0 heterocycles. The molecule has 0 spiro atoms. The average molecular weight is 399 g/mol. The maximum atomic E-state index is 12.8. The SMILES string of the molecule is CCC(Oc1ccc(N(C)S(C)(=O)=O)cc1)C(=O)N(C)[C@@H]1CCCC[C@H]1O. The minimum atomic E-state index is -3.33. The number of carbonyl (C=O) groups excluding carboxylic acids is 1. The highest BCUT2D eigenvalue weighted by Gasteiger charge is 2.33. The van der Waals surface area contributed by atoms with Crippen LogP contribution in [0.4, 0.5) is 5.69 Å². The Hall–Kier alpha value is -1.80. The van der Waals surface area contributed by atoms with Gasteiger partial charge in [0.15, 0.2) is 6.10 Å². The number of aliphatic hydroxyl groups is 1. The summed E-state index contributed by atoms with van der Waals surface area (Å²) < 4.78 is 30.2. The molecule has 1 N–H and O–H groups in total. The van der Waals surface area contributed by atoms with Crippen LogP contribution in [0.2, 0.25) is 0 Å². The number of hydrogen-bond donors (Lipinski definition) is 1. The number of ether oxygens (including phenoxy) is 1. The number of likely N-dealkylation sites (N-methyl/N-ethyl adjacent to an activating group) is 1. The normalized spacial score (nSPS) is 21.4. The van der Waals surface area contributed by atoms with Gasteiger partial charge in [0, 0.05) is 14.1 Å². The van der Waals surface area contributed by atoms with E-state index in [9.17, 15) is 18.3 Å². The van der Waals surface area contributed by atoms with Crippen molar-refractivity contribution in [1.29, 1.82) is 0 Å². The fourth-order valence-corrected chi connectivity index (χ4v) is 3.84. The van der Waals surface area contributed by atoms with Crippen molar-refractivity contribution in [2.75, 3.05) is 24.7 Å². The van der Waals surface area contributed by atoms with Crippen LogP contribution in [0.5, 0.6) is 5.75 Å². The smallest absolute Gasteiger partial charge is 0.263 e. The number of anilines is 1. The molecule has 0 aromatic heterocycles. The molecule has 27 heavy (non-hydrogen) atoms. The number of benzene rings is 1. The number of rotatable bonds is 7. The summed E-state index contributed by atoms with van der Waals surface area (Å²) in [6.07, 6.45) is 4.00. The molecule has 1 aromatic rings. The van der Waals surface area contributed by atoms with Gasteiger partial charge in [-0.25, -0.2) is 8.42 Å². The Morgan fingerprint density at radius 3 is 2.33 bits per heavy atom. The quantitative estimate of drug-likeness (QED) is 0.759. The summed E-state index contributed by atoms with van der Waals surface area (Å²) in [6.45, 7) is 1.87. The number of amides is 1. The summed E-state index contributed by atoms with van der Waals surface area (Å²) in [5, 5.41) is 10.2. The highest BCUT2D eigenvalue weighted by molar-refractivity contribution is 7.92. The first-order chi connectivity index (χ1) is 12.6. The zero-order chi connectivity index (χ0) is 20.2. The Labute approximate surface area is 162 Å². The van der Waals surface area contributed by atoms with E-state index in [1.807, 2.05) is 6.92 Å². The summed E-state index contributed by atoms with van der Waals surface area (Å²) in [6, 6.07) is 6.42. The van der Waals surface area contributed by atoms with Gasteiger partial charge in [0.1, 0.15) is 5.75 Å². The van der Waals surface area contributed by atoms with Crippen molar-refractivity contribution in [2.24, 2.45) is 0 Å². The van der Waals surface area contributed by atoms with E-state index in [4.69, 9.17) is 4.74 Å². The maximum Gasteiger partial charge on any atom is 0.263 e. The predicted molar refractivity (Wildman–Crippen MR) is 105 cm³/mol. The lowest BCUT2D eigenvalue weighted by Gasteiger charge is -2.36. The molecule has 1 fully saturated rings. The van der Waals surface area contributed by atoms with Crippen molar-refractivity contribution in [2.45, 2.75) is 57.3 Å². The van der Waals surface area contributed by atoms with Gasteiger partial charge in [0.05, 0.1) is 24.1 Å². The van der Waals surface area contributed by atoms with Gasteiger partial charge < -0.3 is 14.7 Å². The third kappa shape index (κ3) is 5.35. The van der Waals surface area contributed by atoms with Gasteiger partial charge in [-0.15, -0.1) is 0 Å². The summed E-state index contributed by atoms with van der Waals surface area (Å²) in [4.78, 5) is 14.4. The second-order valence-electron chi connectivity index (χ2n) is 7.11. The fourth-order valence-electron chi connectivity index (χ4n) is 3.33. The molecule has 0 aliphatic heterocycles. The Bertz CT molecular complexity index is 735. The zero-order valence-electron chi connectivity index (χ0n) is 16.5. The lowest BCUT2D eigenvalue weighted by Crippen LogP contribution is -2.50. The Kier molecular flexibility index (Phi) is 7.11. The van der Waals surface area contributed by atoms with Crippen molar-refractivity contribution in [1.82, 2.24) is 4.90 Å². The van der Waals surface area contributed by atoms with E-state index in [1.54, 1.807) is 36.2 Å². The molecule has 8 heteroatoms. The molecule has 152 valence electrons. The number of carbonyl (C=O) groups is 1. The summed E-state index contributed by atoms with van der Waals surface area (Å²) in [7, 11) is -0.131. The Balaban J connectivity index is 2.06. The molecule has 1 saturated carbocycles. The molecule has 1 amide bonds. The van der Waals surface area contributed by atoms with Gasteiger partial charge in [0.25, 0.3) is 5.91 Å². The van der Waals surface area contributed by atoms with Crippen LogP contribution in [0.15, 0.2) is 24.3 Å². The van der Waals surface area contributed by atoms with Crippen LogP contribution < -0.4 is 9.04 Å². The number of hydrogen-bond acceptors (Lipinski definition) is 5. The van der Waals surface area contributed by atoms with Gasteiger partial charge >= 0.3 is 0 Å². The molecule has 2 rings (SSSR count). The first-order valence-electron chi connectivity index (χ1n) is 9.30. The van der Waals surface area contributed by atoms with E-state index >= 15 is 0 Å². The second kappa shape index (κ2) is 8.93. The third-order valence-corrected chi connectivity index (χ3v) is 6.37. The lowest BCUT2D eigenvalue weighted by atomic mass is 9.91. The minimum Gasteiger partial charge on any atom is -0.481 e. The number of nitrogens with zero attached hydrogens (tertiary/aromatic N) is 2. The molecule has 0 bridgehead atoms. The molecule has 0 saturated heterocycles. The van der Waals surface area contributed by atoms with Crippen LogP contribution in [-0.4, -0.2) is 62.9 Å². The highest BCUT2D eigenvalue weighted by atomic mass is 32.2. The average Bonchev–Trinajstić information content (AvgIpc) is 2.64. The second-order valence-corrected chi connectivity index (χ2v) is 9.12. The molecule has 1 aliphatic carbocycles. The van der Waals surface area contributed by atoms with E-state index in [-0.39, 0.29) is 11.9 Å². The molecule has 1 unspecified atom stereocenters. The van der Waals surface area contributed by atoms with Crippen molar-refractivity contribution < 1.29 is 23.1 Å². The van der Waals surface area contributed by atoms with Crippen LogP contribution >= 0.6 is 0 Å². The molecule has 0 radical (unpaired) electrons. The largest absolute Gasteiger partial charge is 0.481 e. The van der Waals surface area contributed by atoms with E-state index in [0.717, 1.165) is 31.9 Å². The van der Waals surface area contributed by atoms with Gasteiger partial charge in [-0.2, -0.15) is 0 Å². The molecule has 1 aliphatic rings. The minimum absolute atomic E-state index is 0.152. The monoisotopic (exact) mass is 398 g/mol. The topological polar surface area (TPSA) is 87.2 Å². The Morgan fingerprint density at radius 2 is 1.81 bits per heavy atom. The van der Waals surface area contributed by atoms with Crippen molar-refractivity contribution >= 4 is 21.6 Å². The van der Waals surface area contributed by atoms with Crippen molar-refractivity contribution in [3.63, 3.8) is 0 Å². The fraction of sp³-hybridized carbons (Fsp3) is 0.632. The van der Waals surface area contributed by atoms with E-state index < -0.39 is 22.2 Å². The summed E-state index contributed by atoms with van der Waals surface area (Å²) >= 11 is 0. The van der Waals surface area contributed by atoms with Crippen LogP contribution in [0.3, 0.4) is 0 Å². The molecular weight excluding hydrogens is 368 g/mol.